The molecule has 0 saturated heterocycles. The molecule has 0 atom stereocenters. The molecule has 0 heterocycles. The summed E-state index contributed by atoms with van der Waals surface area (Å²) in [4.78, 5) is 24.3. The van der Waals surface area contributed by atoms with Crippen molar-refractivity contribution in [3.8, 4) is 0 Å². The summed E-state index contributed by atoms with van der Waals surface area (Å²) in [7, 11) is -3.66. The molecule has 0 aliphatic heterocycles. The highest BCUT2D eigenvalue weighted by atomic mass is 35.5. The van der Waals surface area contributed by atoms with Gasteiger partial charge in [-0.05, 0) is 42.8 Å². The first-order valence-electron chi connectivity index (χ1n) is 9.02. The Balaban J connectivity index is 2.09. The number of rotatable bonds is 8. The first-order chi connectivity index (χ1) is 13.7. The Morgan fingerprint density at radius 3 is 2.41 bits per heavy atom. The zero-order valence-electron chi connectivity index (χ0n) is 16.4. The van der Waals surface area contributed by atoms with Crippen LogP contribution in [0.1, 0.15) is 29.8 Å². The van der Waals surface area contributed by atoms with Gasteiger partial charge in [-0.15, -0.1) is 0 Å². The molecule has 7 nitrogen and oxygen atoms in total. The number of ether oxygens (including phenoxy) is 1. The fraction of sp³-hybridized carbons (Fsp3) is 0.300. The van der Waals surface area contributed by atoms with E-state index in [-0.39, 0.29) is 10.5 Å². The highest BCUT2D eigenvalue weighted by Crippen LogP contribution is 2.23. The van der Waals surface area contributed by atoms with Gasteiger partial charge in [0.2, 0.25) is 10.0 Å². The van der Waals surface area contributed by atoms with E-state index < -0.39 is 28.5 Å². The van der Waals surface area contributed by atoms with E-state index in [1.54, 1.807) is 39.0 Å². The quantitative estimate of drug-likeness (QED) is 0.637. The third kappa shape index (κ3) is 5.79. The van der Waals surface area contributed by atoms with Crippen LogP contribution >= 0.6 is 11.6 Å². The topological polar surface area (TPSA) is 92.8 Å². The van der Waals surface area contributed by atoms with Gasteiger partial charge in [-0.3, -0.25) is 4.79 Å². The molecule has 0 aliphatic rings. The Labute approximate surface area is 175 Å². The maximum atomic E-state index is 12.7. The molecule has 2 aromatic carbocycles. The van der Waals surface area contributed by atoms with Gasteiger partial charge in [-0.2, -0.15) is 4.31 Å². The molecule has 9 heteroatoms. The van der Waals surface area contributed by atoms with Gasteiger partial charge in [0.05, 0.1) is 10.5 Å². The van der Waals surface area contributed by atoms with Crippen LogP contribution in [-0.4, -0.2) is 44.3 Å². The number of carbonyl (C=O) groups excluding carboxylic acids is 2. The smallest absolute Gasteiger partial charge is 0.338 e. The van der Waals surface area contributed by atoms with E-state index in [1.807, 2.05) is 0 Å². The maximum Gasteiger partial charge on any atom is 0.338 e. The predicted molar refractivity (Wildman–Crippen MR) is 112 cm³/mol. The van der Waals surface area contributed by atoms with Crippen molar-refractivity contribution in [3.63, 3.8) is 0 Å². The average Bonchev–Trinajstić information content (AvgIpc) is 2.68. The Morgan fingerprint density at radius 1 is 1.10 bits per heavy atom. The summed E-state index contributed by atoms with van der Waals surface area (Å²) in [6.45, 7) is 5.42. The molecule has 29 heavy (non-hydrogen) atoms. The van der Waals surface area contributed by atoms with Crippen molar-refractivity contribution in [1.82, 2.24) is 4.31 Å². The minimum Gasteiger partial charge on any atom is -0.452 e. The highest BCUT2D eigenvalue weighted by molar-refractivity contribution is 7.89. The summed E-state index contributed by atoms with van der Waals surface area (Å²) in [6, 6.07) is 10.7. The molecule has 0 aromatic heterocycles. The molecule has 0 aliphatic carbocycles. The van der Waals surface area contributed by atoms with Crippen LogP contribution in [0.4, 0.5) is 5.69 Å². The van der Waals surface area contributed by atoms with Crippen LogP contribution in [0.25, 0.3) is 0 Å². The number of hydrogen-bond donors (Lipinski definition) is 1. The Hall–Kier alpha value is -2.42. The van der Waals surface area contributed by atoms with Crippen LogP contribution in [0.15, 0.2) is 47.4 Å². The lowest BCUT2D eigenvalue weighted by Crippen LogP contribution is -2.30. The van der Waals surface area contributed by atoms with Crippen molar-refractivity contribution < 1.29 is 22.7 Å². The highest BCUT2D eigenvalue weighted by Gasteiger charge is 2.22. The van der Waals surface area contributed by atoms with Gasteiger partial charge in [0.15, 0.2) is 6.61 Å². The Morgan fingerprint density at radius 2 is 1.79 bits per heavy atom. The van der Waals surface area contributed by atoms with E-state index in [1.165, 1.54) is 28.6 Å². The van der Waals surface area contributed by atoms with Crippen molar-refractivity contribution in [2.45, 2.75) is 25.7 Å². The van der Waals surface area contributed by atoms with Gasteiger partial charge in [0.25, 0.3) is 5.91 Å². The van der Waals surface area contributed by atoms with Crippen molar-refractivity contribution >= 4 is 39.2 Å². The van der Waals surface area contributed by atoms with Gasteiger partial charge in [0, 0.05) is 23.8 Å². The molecular weight excluding hydrogens is 416 g/mol. The van der Waals surface area contributed by atoms with Crippen LogP contribution in [0, 0.1) is 6.92 Å². The number of aryl methyl sites for hydroxylation is 1. The molecule has 0 saturated carbocycles. The Kier molecular flexibility index (Phi) is 7.78. The minimum absolute atomic E-state index is 0.0815. The zero-order valence-corrected chi connectivity index (χ0v) is 18.0. The first-order valence-corrected chi connectivity index (χ1v) is 10.8. The molecule has 1 N–H and O–H groups in total. The van der Waals surface area contributed by atoms with Gasteiger partial charge < -0.3 is 10.1 Å². The Bertz CT molecular complexity index is 1000. The lowest BCUT2D eigenvalue weighted by molar-refractivity contribution is -0.119. The number of anilines is 1. The molecule has 156 valence electrons. The van der Waals surface area contributed by atoms with Gasteiger partial charge >= 0.3 is 5.97 Å². The standard InChI is InChI=1S/C20H23ClN2O5S/c1-4-23(5-2)29(26,27)17-10-9-14(3)18(12-17)22-19(24)13-28-20(25)15-7-6-8-16(21)11-15/h6-12H,4-5,13H2,1-3H3,(H,22,24). The van der Waals surface area contributed by atoms with Crippen LogP contribution in [-0.2, 0) is 19.6 Å². The number of amides is 1. The first kappa shape index (κ1) is 22.9. The number of benzene rings is 2. The molecule has 1 amide bonds. The van der Waals surface area contributed by atoms with Gasteiger partial charge in [-0.25, -0.2) is 13.2 Å². The lowest BCUT2D eigenvalue weighted by atomic mass is 10.2. The minimum atomic E-state index is -3.66. The summed E-state index contributed by atoms with van der Waals surface area (Å²) >= 11 is 5.83. The molecule has 0 bridgehead atoms. The number of halogens is 1. The second-order valence-electron chi connectivity index (χ2n) is 6.20. The molecule has 0 unspecified atom stereocenters. The van der Waals surface area contributed by atoms with Crippen LogP contribution < -0.4 is 5.32 Å². The number of nitrogens with one attached hydrogen (secondary N) is 1. The van der Waals surface area contributed by atoms with Crippen molar-refractivity contribution in [2.24, 2.45) is 0 Å². The fourth-order valence-corrected chi connectivity index (χ4v) is 4.30. The maximum absolute atomic E-state index is 12.7. The van der Waals surface area contributed by atoms with E-state index in [4.69, 9.17) is 16.3 Å². The van der Waals surface area contributed by atoms with E-state index >= 15 is 0 Å². The van der Waals surface area contributed by atoms with E-state index in [0.29, 0.717) is 29.4 Å². The number of carbonyl (C=O) groups is 2. The van der Waals surface area contributed by atoms with Crippen LogP contribution in [0.2, 0.25) is 5.02 Å². The summed E-state index contributed by atoms with van der Waals surface area (Å²) in [6.07, 6.45) is 0. The second kappa shape index (κ2) is 9.87. The molecule has 2 rings (SSSR count). The molecule has 2 aromatic rings. The average molecular weight is 439 g/mol. The van der Waals surface area contributed by atoms with Crippen LogP contribution in [0.3, 0.4) is 0 Å². The second-order valence-corrected chi connectivity index (χ2v) is 8.58. The van der Waals surface area contributed by atoms with E-state index in [0.717, 1.165) is 0 Å². The molecule has 0 spiro atoms. The van der Waals surface area contributed by atoms with Gasteiger partial charge in [-0.1, -0.05) is 37.6 Å². The predicted octanol–water partition coefficient (Wildman–Crippen LogP) is 3.47. The lowest BCUT2D eigenvalue weighted by Gasteiger charge is -2.19. The normalized spacial score (nSPS) is 11.3. The molecule has 0 radical (unpaired) electrons. The largest absolute Gasteiger partial charge is 0.452 e. The molecule has 0 fully saturated rings. The third-order valence-electron chi connectivity index (χ3n) is 4.22. The van der Waals surface area contributed by atoms with Crippen molar-refractivity contribution in [3.05, 3.63) is 58.6 Å². The van der Waals surface area contributed by atoms with Gasteiger partial charge in [0.1, 0.15) is 0 Å². The third-order valence-corrected chi connectivity index (χ3v) is 6.50. The zero-order chi connectivity index (χ0) is 21.6. The van der Waals surface area contributed by atoms with Crippen molar-refractivity contribution in [1.29, 1.82) is 0 Å². The van der Waals surface area contributed by atoms with E-state index in [2.05, 4.69) is 5.32 Å². The number of sulfonamides is 1. The molecular formula is C20H23ClN2O5S. The monoisotopic (exact) mass is 438 g/mol. The fourth-order valence-electron chi connectivity index (χ4n) is 2.63. The van der Waals surface area contributed by atoms with Crippen molar-refractivity contribution in [2.75, 3.05) is 25.0 Å². The summed E-state index contributed by atoms with van der Waals surface area (Å²) in [5.41, 5.74) is 1.24. The summed E-state index contributed by atoms with van der Waals surface area (Å²) < 4.78 is 31.7. The summed E-state index contributed by atoms with van der Waals surface area (Å²) in [5, 5.41) is 2.97. The number of nitrogens with zero attached hydrogens (tertiary/aromatic N) is 1. The van der Waals surface area contributed by atoms with E-state index in [9.17, 15) is 18.0 Å². The summed E-state index contributed by atoms with van der Waals surface area (Å²) in [5.74, 6) is -1.27. The SMILES string of the molecule is CCN(CC)S(=O)(=O)c1ccc(C)c(NC(=O)COC(=O)c2cccc(Cl)c2)c1. The van der Waals surface area contributed by atoms with Crippen LogP contribution in [0.5, 0.6) is 0 Å². The number of esters is 1. The number of hydrogen-bond acceptors (Lipinski definition) is 5.